The zero-order chi connectivity index (χ0) is 16.2. The maximum absolute atomic E-state index is 12.0. The molecule has 21 heavy (non-hydrogen) atoms. The van der Waals surface area contributed by atoms with Gasteiger partial charge in [-0.3, -0.25) is 0 Å². The van der Waals surface area contributed by atoms with Crippen molar-refractivity contribution in [2.75, 3.05) is 6.61 Å². The molecule has 118 valence electrons. The van der Waals surface area contributed by atoms with E-state index in [0.717, 1.165) is 12.8 Å². The molecule has 0 radical (unpaired) electrons. The summed E-state index contributed by atoms with van der Waals surface area (Å²) in [6.45, 7) is 5.98. The maximum Gasteiger partial charge on any atom is 0.338 e. The van der Waals surface area contributed by atoms with Crippen molar-refractivity contribution < 1.29 is 17.9 Å². The third-order valence-corrected chi connectivity index (χ3v) is 4.98. The van der Waals surface area contributed by atoms with Gasteiger partial charge in [-0.05, 0) is 37.0 Å². The molecule has 1 aromatic rings. The van der Waals surface area contributed by atoms with Gasteiger partial charge in [-0.2, -0.15) is 0 Å². The number of hydrogen-bond acceptors (Lipinski definition) is 4. The van der Waals surface area contributed by atoms with Crippen LogP contribution in [-0.4, -0.2) is 21.0 Å². The topological polar surface area (TPSA) is 86.5 Å². The summed E-state index contributed by atoms with van der Waals surface area (Å²) in [6.07, 6.45) is 1.98. The van der Waals surface area contributed by atoms with E-state index in [2.05, 4.69) is 22.9 Å². The summed E-state index contributed by atoms with van der Waals surface area (Å²) in [5.74, 6) is -0.283. The largest absolute Gasteiger partial charge is 0.462 e. The summed E-state index contributed by atoms with van der Waals surface area (Å²) in [5.41, 5.74) is 0.633. The van der Waals surface area contributed by atoms with E-state index in [0.29, 0.717) is 16.6 Å². The minimum Gasteiger partial charge on any atom is -0.462 e. The van der Waals surface area contributed by atoms with E-state index in [1.165, 1.54) is 12.1 Å². The van der Waals surface area contributed by atoms with Crippen LogP contribution in [0, 0.1) is 12.8 Å². The van der Waals surface area contributed by atoms with Gasteiger partial charge >= 0.3 is 5.97 Å². The van der Waals surface area contributed by atoms with Gasteiger partial charge in [-0.1, -0.05) is 36.2 Å². The average molecular weight is 378 g/mol. The molecule has 1 rings (SSSR count). The smallest absolute Gasteiger partial charge is 0.338 e. The second-order valence-electron chi connectivity index (χ2n) is 5.12. The maximum atomic E-state index is 12.0. The van der Waals surface area contributed by atoms with Crippen LogP contribution in [-0.2, 0) is 14.8 Å². The highest BCUT2D eigenvalue weighted by Crippen LogP contribution is 2.25. The zero-order valence-corrected chi connectivity index (χ0v) is 14.8. The number of nitrogens with two attached hydrogens (primary N) is 1. The first-order valence-corrected chi connectivity index (χ1v) is 9.00. The second-order valence-corrected chi connectivity index (χ2v) is 7.50. The number of halogens is 1. The van der Waals surface area contributed by atoms with Gasteiger partial charge < -0.3 is 4.74 Å². The Bertz CT molecular complexity index is 628. The third kappa shape index (κ3) is 5.09. The van der Waals surface area contributed by atoms with Crippen LogP contribution in [0.15, 0.2) is 21.5 Å². The molecule has 0 aliphatic carbocycles. The van der Waals surface area contributed by atoms with Crippen LogP contribution in [0.1, 0.15) is 42.6 Å². The van der Waals surface area contributed by atoms with Crippen molar-refractivity contribution in [1.29, 1.82) is 0 Å². The predicted molar refractivity (Wildman–Crippen MR) is 84.6 cm³/mol. The first-order valence-electron chi connectivity index (χ1n) is 6.66. The molecule has 1 aromatic carbocycles. The summed E-state index contributed by atoms with van der Waals surface area (Å²) in [5, 5.41) is 5.16. The zero-order valence-electron chi connectivity index (χ0n) is 12.3. The van der Waals surface area contributed by atoms with Crippen LogP contribution >= 0.6 is 15.9 Å². The first kappa shape index (κ1) is 18.1. The lowest BCUT2D eigenvalue weighted by molar-refractivity contribution is 0.0443. The van der Waals surface area contributed by atoms with Crippen molar-refractivity contribution in [1.82, 2.24) is 0 Å². The number of carbonyl (C=O) groups is 1. The third-order valence-electron chi connectivity index (χ3n) is 3.12. The molecule has 0 aliphatic rings. The number of carbonyl (C=O) groups excluding carboxylic acids is 1. The standard InChI is InChI=1S/C14H20BrNO4S/c1-4-5-9(2)8-20-14(17)11-6-12(15)10(3)13(7-11)21(16,18)19/h6-7,9H,4-5,8H2,1-3H3,(H2,16,18,19). The highest BCUT2D eigenvalue weighted by Gasteiger charge is 2.19. The van der Waals surface area contributed by atoms with Gasteiger partial charge in [0.2, 0.25) is 10.0 Å². The Hall–Kier alpha value is -0.920. The van der Waals surface area contributed by atoms with Crippen LogP contribution in [0.3, 0.4) is 0 Å². The summed E-state index contributed by atoms with van der Waals surface area (Å²) in [7, 11) is -3.89. The van der Waals surface area contributed by atoms with Crippen molar-refractivity contribution in [3.63, 3.8) is 0 Å². The number of rotatable bonds is 6. The van der Waals surface area contributed by atoms with E-state index in [1.54, 1.807) is 6.92 Å². The monoisotopic (exact) mass is 377 g/mol. The van der Waals surface area contributed by atoms with Gasteiger partial charge in [0.25, 0.3) is 0 Å². The van der Waals surface area contributed by atoms with E-state index in [4.69, 9.17) is 9.88 Å². The van der Waals surface area contributed by atoms with E-state index in [-0.39, 0.29) is 16.4 Å². The molecule has 2 N–H and O–H groups in total. The van der Waals surface area contributed by atoms with Gasteiger partial charge in [-0.25, -0.2) is 18.4 Å². The Morgan fingerprint density at radius 3 is 2.57 bits per heavy atom. The number of hydrogen-bond donors (Lipinski definition) is 1. The molecule has 0 bridgehead atoms. The number of primary sulfonamides is 1. The normalized spacial score (nSPS) is 13.0. The molecular weight excluding hydrogens is 358 g/mol. The van der Waals surface area contributed by atoms with Crippen molar-refractivity contribution in [3.8, 4) is 0 Å². The predicted octanol–water partition coefficient (Wildman–Crippen LogP) is 3.00. The van der Waals surface area contributed by atoms with Gasteiger partial charge in [0.1, 0.15) is 0 Å². The Labute approximate surface area is 134 Å². The fourth-order valence-corrected chi connectivity index (χ4v) is 3.36. The molecule has 0 saturated heterocycles. The molecule has 0 saturated carbocycles. The van der Waals surface area contributed by atoms with Crippen LogP contribution in [0.25, 0.3) is 0 Å². The molecule has 0 aliphatic heterocycles. The molecule has 0 aromatic heterocycles. The lowest BCUT2D eigenvalue weighted by Gasteiger charge is -2.12. The molecule has 1 atom stereocenters. The van der Waals surface area contributed by atoms with Crippen molar-refractivity contribution in [3.05, 3.63) is 27.7 Å². The van der Waals surface area contributed by atoms with Crippen LogP contribution in [0.2, 0.25) is 0 Å². The SMILES string of the molecule is CCCC(C)COC(=O)c1cc(Br)c(C)c(S(N)(=O)=O)c1. The number of esters is 1. The lowest BCUT2D eigenvalue weighted by Crippen LogP contribution is -2.17. The van der Waals surface area contributed by atoms with E-state index in [9.17, 15) is 13.2 Å². The Morgan fingerprint density at radius 2 is 2.05 bits per heavy atom. The van der Waals surface area contributed by atoms with Gasteiger partial charge in [-0.15, -0.1) is 0 Å². The molecule has 0 spiro atoms. The molecule has 0 amide bonds. The van der Waals surface area contributed by atoms with Crippen molar-refractivity contribution in [2.45, 2.75) is 38.5 Å². The van der Waals surface area contributed by atoms with Crippen LogP contribution in [0.5, 0.6) is 0 Å². The van der Waals surface area contributed by atoms with Gasteiger partial charge in [0.15, 0.2) is 0 Å². The quantitative estimate of drug-likeness (QED) is 0.771. The lowest BCUT2D eigenvalue weighted by atomic mass is 10.1. The fraction of sp³-hybridized carbons (Fsp3) is 0.500. The second kappa shape index (κ2) is 7.38. The molecule has 7 heteroatoms. The summed E-state index contributed by atoms with van der Waals surface area (Å²) in [6, 6.07) is 2.79. The van der Waals surface area contributed by atoms with Crippen LogP contribution in [0.4, 0.5) is 0 Å². The first-order chi connectivity index (χ1) is 9.66. The summed E-state index contributed by atoms with van der Waals surface area (Å²) < 4.78 is 28.8. The van der Waals surface area contributed by atoms with Crippen molar-refractivity contribution in [2.24, 2.45) is 11.1 Å². The van der Waals surface area contributed by atoms with Gasteiger partial charge in [0.05, 0.1) is 17.1 Å². The number of ether oxygens (including phenoxy) is 1. The van der Waals surface area contributed by atoms with Gasteiger partial charge in [0, 0.05) is 4.47 Å². The molecule has 0 heterocycles. The van der Waals surface area contributed by atoms with Crippen LogP contribution < -0.4 is 5.14 Å². The highest BCUT2D eigenvalue weighted by atomic mass is 79.9. The minimum atomic E-state index is -3.89. The molecule has 1 unspecified atom stereocenters. The van der Waals surface area contributed by atoms with E-state index < -0.39 is 16.0 Å². The average Bonchev–Trinajstić information content (AvgIpc) is 2.38. The van der Waals surface area contributed by atoms with E-state index >= 15 is 0 Å². The highest BCUT2D eigenvalue weighted by molar-refractivity contribution is 9.10. The Morgan fingerprint density at radius 1 is 1.43 bits per heavy atom. The number of benzene rings is 1. The summed E-state index contributed by atoms with van der Waals surface area (Å²) >= 11 is 3.23. The minimum absolute atomic E-state index is 0.0783. The molecule has 0 fully saturated rings. The Kier molecular flexibility index (Phi) is 6.37. The molecule has 5 nitrogen and oxygen atoms in total. The van der Waals surface area contributed by atoms with E-state index in [1.807, 2.05) is 6.92 Å². The molecular formula is C14H20BrNO4S. The Balaban J connectivity index is 2.99. The summed E-state index contributed by atoms with van der Waals surface area (Å²) in [4.78, 5) is 11.9. The van der Waals surface area contributed by atoms with Crippen molar-refractivity contribution >= 4 is 31.9 Å². The fourth-order valence-electron chi connectivity index (χ4n) is 1.94. The number of sulfonamides is 1.